The third-order valence-electron chi connectivity index (χ3n) is 2.90. The molecule has 0 aliphatic heterocycles. The molecule has 1 aromatic carbocycles. The maximum atomic E-state index is 11.6. The summed E-state index contributed by atoms with van der Waals surface area (Å²) in [6, 6.07) is 5.80. The van der Waals surface area contributed by atoms with Crippen molar-refractivity contribution >= 4 is 11.9 Å². The Morgan fingerprint density at radius 1 is 1.32 bits per heavy atom. The molecule has 0 aliphatic rings. The van der Waals surface area contributed by atoms with Crippen molar-refractivity contribution in [1.82, 2.24) is 5.32 Å². The van der Waals surface area contributed by atoms with Crippen molar-refractivity contribution in [2.24, 2.45) is 0 Å². The molecule has 5 nitrogen and oxygen atoms in total. The number of aliphatic hydroxyl groups excluding tert-OH is 1. The number of benzene rings is 1. The second-order valence-electron chi connectivity index (χ2n) is 4.44. The van der Waals surface area contributed by atoms with Crippen LogP contribution in [0.3, 0.4) is 0 Å². The van der Waals surface area contributed by atoms with Crippen molar-refractivity contribution < 1.29 is 19.4 Å². The molecule has 19 heavy (non-hydrogen) atoms. The number of methoxy groups -OCH3 is 1. The SMILES string of the molecule is COC(=O)C(O)CNC(=O)Cc1ccc(C)c(C)c1. The highest BCUT2D eigenvalue weighted by atomic mass is 16.5. The molecule has 0 aromatic heterocycles. The molecule has 0 saturated carbocycles. The quantitative estimate of drug-likeness (QED) is 0.760. The van der Waals surface area contributed by atoms with Gasteiger partial charge < -0.3 is 15.2 Å². The van der Waals surface area contributed by atoms with Crippen LogP contribution in [0.1, 0.15) is 16.7 Å². The summed E-state index contributed by atoms with van der Waals surface area (Å²) in [6.45, 7) is 3.85. The first-order valence-corrected chi connectivity index (χ1v) is 6.02. The van der Waals surface area contributed by atoms with Gasteiger partial charge in [-0.1, -0.05) is 18.2 Å². The summed E-state index contributed by atoms with van der Waals surface area (Å²) in [7, 11) is 1.18. The smallest absolute Gasteiger partial charge is 0.336 e. The second-order valence-corrected chi connectivity index (χ2v) is 4.44. The van der Waals surface area contributed by atoms with Crippen LogP contribution in [0, 0.1) is 13.8 Å². The highest BCUT2D eigenvalue weighted by Crippen LogP contribution is 2.10. The predicted octanol–water partition coefficient (Wildman–Crippen LogP) is 0.496. The molecule has 104 valence electrons. The van der Waals surface area contributed by atoms with E-state index in [2.05, 4.69) is 10.1 Å². The molecule has 2 N–H and O–H groups in total. The molecule has 0 heterocycles. The van der Waals surface area contributed by atoms with E-state index in [1.54, 1.807) is 0 Å². The van der Waals surface area contributed by atoms with Crippen LogP contribution in [-0.2, 0) is 20.7 Å². The van der Waals surface area contributed by atoms with E-state index in [0.717, 1.165) is 11.1 Å². The number of ether oxygens (including phenoxy) is 1. The Hall–Kier alpha value is -1.88. The first-order chi connectivity index (χ1) is 8.93. The van der Waals surface area contributed by atoms with Crippen molar-refractivity contribution in [2.45, 2.75) is 26.4 Å². The summed E-state index contributed by atoms with van der Waals surface area (Å²) in [4.78, 5) is 22.6. The summed E-state index contributed by atoms with van der Waals surface area (Å²) in [5, 5.41) is 11.8. The number of rotatable bonds is 5. The lowest BCUT2D eigenvalue weighted by Crippen LogP contribution is -2.37. The van der Waals surface area contributed by atoms with Crippen LogP contribution in [0.2, 0.25) is 0 Å². The molecule has 1 rings (SSSR count). The fourth-order valence-electron chi connectivity index (χ4n) is 1.59. The topological polar surface area (TPSA) is 75.6 Å². The zero-order valence-electron chi connectivity index (χ0n) is 11.4. The minimum Gasteiger partial charge on any atom is -0.467 e. The van der Waals surface area contributed by atoms with Crippen LogP contribution < -0.4 is 5.32 Å². The van der Waals surface area contributed by atoms with E-state index in [1.165, 1.54) is 12.7 Å². The molecule has 0 aliphatic carbocycles. The molecule has 0 radical (unpaired) electrons. The lowest BCUT2D eigenvalue weighted by Gasteiger charge is -2.10. The maximum absolute atomic E-state index is 11.6. The number of esters is 1. The fourth-order valence-corrected chi connectivity index (χ4v) is 1.59. The number of carbonyl (C=O) groups excluding carboxylic acids is 2. The van der Waals surface area contributed by atoms with Gasteiger partial charge in [-0.15, -0.1) is 0 Å². The van der Waals surface area contributed by atoms with Crippen LogP contribution in [0.15, 0.2) is 18.2 Å². The van der Waals surface area contributed by atoms with E-state index in [-0.39, 0.29) is 18.9 Å². The van der Waals surface area contributed by atoms with Crippen molar-refractivity contribution in [1.29, 1.82) is 0 Å². The molecule has 0 saturated heterocycles. The number of aryl methyl sites for hydroxylation is 2. The molecular formula is C14H19NO4. The Morgan fingerprint density at radius 3 is 2.58 bits per heavy atom. The number of amides is 1. The molecule has 1 amide bonds. The van der Waals surface area contributed by atoms with Crippen molar-refractivity contribution in [3.63, 3.8) is 0 Å². The van der Waals surface area contributed by atoms with Crippen LogP contribution in [0.25, 0.3) is 0 Å². The second kappa shape index (κ2) is 6.89. The summed E-state index contributed by atoms with van der Waals surface area (Å²) in [5.41, 5.74) is 3.19. The zero-order valence-corrected chi connectivity index (χ0v) is 11.4. The number of carbonyl (C=O) groups is 2. The third-order valence-corrected chi connectivity index (χ3v) is 2.90. The van der Waals surface area contributed by atoms with Gasteiger partial charge in [-0.3, -0.25) is 4.79 Å². The van der Waals surface area contributed by atoms with Gasteiger partial charge >= 0.3 is 5.97 Å². The van der Waals surface area contributed by atoms with E-state index in [0.29, 0.717) is 0 Å². The Morgan fingerprint density at radius 2 is 2.00 bits per heavy atom. The summed E-state index contributed by atoms with van der Waals surface area (Å²) in [5.74, 6) is -1.00. The van der Waals surface area contributed by atoms with Gasteiger partial charge in [0.15, 0.2) is 6.10 Å². The molecule has 0 spiro atoms. The van der Waals surface area contributed by atoms with Crippen molar-refractivity contribution in [2.75, 3.05) is 13.7 Å². The maximum Gasteiger partial charge on any atom is 0.336 e. The Balaban J connectivity index is 2.47. The predicted molar refractivity (Wildman–Crippen MR) is 70.7 cm³/mol. The standard InChI is InChI=1S/C14H19NO4/c1-9-4-5-11(6-10(9)2)7-13(17)15-8-12(16)14(18)19-3/h4-6,12,16H,7-8H2,1-3H3,(H,15,17). The lowest BCUT2D eigenvalue weighted by molar-refractivity contribution is -0.150. The zero-order chi connectivity index (χ0) is 14.4. The molecule has 1 atom stereocenters. The lowest BCUT2D eigenvalue weighted by atomic mass is 10.0. The average Bonchev–Trinajstić information content (AvgIpc) is 2.39. The van der Waals surface area contributed by atoms with Gasteiger partial charge in [-0.05, 0) is 30.5 Å². The van der Waals surface area contributed by atoms with Crippen LogP contribution in [-0.4, -0.2) is 36.7 Å². The third kappa shape index (κ3) is 4.71. The van der Waals surface area contributed by atoms with Crippen LogP contribution in [0.5, 0.6) is 0 Å². The summed E-state index contributed by atoms with van der Waals surface area (Å²) >= 11 is 0. The summed E-state index contributed by atoms with van der Waals surface area (Å²) < 4.78 is 4.35. The number of aliphatic hydroxyl groups is 1. The normalized spacial score (nSPS) is 11.8. The first kappa shape index (κ1) is 15.2. The minimum atomic E-state index is -1.33. The van der Waals surface area contributed by atoms with E-state index in [1.807, 2.05) is 32.0 Å². The van der Waals surface area contributed by atoms with Gasteiger partial charge in [-0.25, -0.2) is 4.79 Å². The van der Waals surface area contributed by atoms with Crippen LogP contribution in [0.4, 0.5) is 0 Å². The number of nitrogens with one attached hydrogen (secondary N) is 1. The van der Waals surface area contributed by atoms with E-state index in [9.17, 15) is 14.7 Å². The Bertz CT molecular complexity index is 471. The fraction of sp³-hybridized carbons (Fsp3) is 0.429. The molecule has 0 fully saturated rings. The minimum absolute atomic E-state index is 0.143. The van der Waals surface area contributed by atoms with E-state index < -0.39 is 12.1 Å². The Labute approximate surface area is 112 Å². The Kier molecular flexibility index (Phi) is 5.51. The van der Waals surface area contributed by atoms with Gasteiger partial charge in [0.25, 0.3) is 0 Å². The van der Waals surface area contributed by atoms with Gasteiger partial charge in [0.2, 0.25) is 5.91 Å². The van der Waals surface area contributed by atoms with Crippen molar-refractivity contribution in [3.8, 4) is 0 Å². The van der Waals surface area contributed by atoms with Gasteiger partial charge in [0.05, 0.1) is 20.1 Å². The first-order valence-electron chi connectivity index (χ1n) is 6.02. The summed E-state index contributed by atoms with van der Waals surface area (Å²) in [6.07, 6.45) is -1.11. The molecule has 0 bridgehead atoms. The highest BCUT2D eigenvalue weighted by Gasteiger charge is 2.16. The highest BCUT2D eigenvalue weighted by molar-refractivity contribution is 5.80. The monoisotopic (exact) mass is 265 g/mol. The van der Waals surface area contributed by atoms with E-state index >= 15 is 0 Å². The number of hydrogen-bond acceptors (Lipinski definition) is 4. The molecule has 1 unspecified atom stereocenters. The van der Waals surface area contributed by atoms with Gasteiger partial charge in [-0.2, -0.15) is 0 Å². The molecular weight excluding hydrogens is 246 g/mol. The largest absolute Gasteiger partial charge is 0.467 e. The molecule has 1 aromatic rings. The van der Waals surface area contributed by atoms with Gasteiger partial charge in [0.1, 0.15) is 0 Å². The molecule has 5 heteroatoms. The number of hydrogen-bond donors (Lipinski definition) is 2. The average molecular weight is 265 g/mol. The van der Waals surface area contributed by atoms with Gasteiger partial charge in [0, 0.05) is 0 Å². The van der Waals surface area contributed by atoms with Crippen molar-refractivity contribution in [3.05, 3.63) is 34.9 Å². The van der Waals surface area contributed by atoms with Crippen LogP contribution >= 0.6 is 0 Å². The van der Waals surface area contributed by atoms with E-state index in [4.69, 9.17) is 0 Å².